The van der Waals surface area contributed by atoms with Gasteiger partial charge in [0.15, 0.2) is 0 Å². The van der Waals surface area contributed by atoms with E-state index in [-0.39, 0.29) is 6.10 Å². The molecule has 2 aromatic rings. The molecule has 0 saturated carbocycles. The second-order valence-corrected chi connectivity index (χ2v) is 6.99. The van der Waals surface area contributed by atoms with Crippen molar-refractivity contribution in [2.75, 3.05) is 0 Å². The summed E-state index contributed by atoms with van der Waals surface area (Å²) in [5.41, 5.74) is 1.35. The third kappa shape index (κ3) is 4.56. The number of rotatable bonds is 6. The van der Waals surface area contributed by atoms with Crippen LogP contribution in [0, 0.1) is 0 Å². The highest BCUT2D eigenvalue weighted by atomic mass is 79.9. The fraction of sp³-hybridized carbons (Fsp3) is 0.333. The van der Waals surface area contributed by atoms with Gasteiger partial charge in [-0.05, 0) is 52.9 Å². The highest BCUT2D eigenvalue weighted by molar-refractivity contribution is 9.11. The van der Waals surface area contributed by atoms with E-state index in [1.165, 1.54) is 10.4 Å². The van der Waals surface area contributed by atoms with Crippen LogP contribution in [0.5, 0.6) is 0 Å². The number of halogens is 1. The van der Waals surface area contributed by atoms with Crippen LogP contribution in [0.1, 0.15) is 23.3 Å². The molecule has 1 aromatic heterocycles. The molecule has 0 aliphatic rings. The van der Waals surface area contributed by atoms with E-state index < -0.39 is 0 Å². The minimum Gasteiger partial charge on any atom is -0.393 e. The molecule has 2 rings (SSSR count). The smallest absolute Gasteiger partial charge is 0.0701 e. The minimum absolute atomic E-state index is 0.223. The summed E-state index contributed by atoms with van der Waals surface area (Å²) in [5, 5.41) is 9.98. The van der Waals surface area contributed by atoms with Crippen molar-refractivity contribution >= 4 is 27.3 Å². The molecule has 1 unspecified atom stereocenters. The second-order valence-electron chi connectivity index (χ2n) is 4.44. The molecule has 0 bridgehead atoms. The van der Waals surface area contributed by atoms with E-state index in [0.29, 0.717) is 0 Å². The normalized spacial score (nSPS) is 12.6. The van der Waals surface area contributed by atoms with E-state index >= 15 is 0 Å². The van der Waals surface area contributed by atoms with Crippen molar-refractivity contribution in [3.8, 4) is 0 Å². The number of aliphatic hydroxyl groups excluding tert-OH is 1. The number of hydrogen-bond donors (Lipinski definition) is 1. The molecule has 3 heteroatoms. The molecular weight excluding hydrogens is 308 g/mol. The molecule has 0 amide bonds. The second kappa shape index (κ2) is 7.07. The molecule has 1 aromatic carbocycles. The molecule has 0 spiro atoms. The summed E-state index contributed by atoms with van der Waals surface area (Å²) in [6, 6.07) is 14.6. The first kappa shape index (κ1) is 13.8. The summed E-state index contributed by atoms with van der Waals surface area (Å²) in [5.74, 6) is 0. The van der Waals surface area contributed by atoms with Gasteiger partial charge in [0.25, 0.3) is 0 Å². The van der Waals surface area contributed by atoms with Gasteiger partial charge in [-0.2, -0.15) is 0 Å². The molecule has 0 saturated heterocycles. The first-order chi connectivity index (χ1) is 8.74. The van der Waals surface area contributed by atoms with Crippen LogP contribution >= 0.6 is 27.3 Å². The Morgan fingerprint density at radius 3 is 2.56 bits per heavy atom. The van der Waals surface area contributed by atoms with Crippen LogP contribution in [0.15, 0.2) is 46.3 Å². The van der Waals surface area contributed by atoms with E-state index in [9.17, 15) is 5.11 Å². The number of aryl methyl sites for hydroxylation is 1. The van der Waals surface area contributed by atoms with E-state index in [1.54, 1.807) is 11.3 Å². The lowest BCUT2D eigenvalue weighted by Gasteiger charge is -2.09. The van der Waals surface area contributed by atoms with Crippen LogP contribution in [-0.4, -0.2) is 11.2 Å². The van der Waals surface area contributed by atoms with Crippen LogP contribution in [-0.2, 0) is 12.8 Å². The van der Waals surface area contributed by atoms with Crippen molar-refractivity contribution in [2.24, 2.45) is 0 Å². The van der Waals surface area contributed by atoms with Gasteiger partial charge in [0.05, 0.1) is 9.89 Å². The zero-order valence-electron chi connectivity index (χ0n) is 10.2. The van der Waals surface area contributed by atoms with Gasteiger partial charge in [-0.1, -0.05) is 30.3 Å². The van der Waals surface area contributed by atoms with Gasteiger partial charge in [0, 0.05) is 11.3 Å². The Morgan fingerprint density at radius 2 is 1.89 bits per heavy atom. The van der Waals surface area contributed by atoms with Crippen molar-refractivity contribution < 1.29 is 5.11 Å². The highest BCUT2D eigenvalue weighted by Gasteiger charge is 2.07. The minimum atomic E-state index is -0.223. The summed E-state index contributed by atoms with van der Waals surface area (Å²) < 4.78 is 1.13. The van der Waals surface area contributed by atoms with Crippen LogP contribution in [0.3, 0.4) is 0 Å². The molecule has 0 radical (unpaired) electrons. The summed E-state index contributed by atoms with van der Waals surface area (Å²) >= 11 is 5.14. The fourth-order valence-electron chi connectivity index (χ4n) is 1.98. The van der Waals surface area contributed by atoms with Gasteiger partial charge in [-0.25, -0.2) is 0 Å². The van der Waals surface area contributed by atoms with E-state index in [1.807, 2.05) is 12.1 Å². The highest BCUT2D eigenvalue weighted by Crippen LogP contribution is 2.23. The molecule has 1 nitrogen and oxygen atoms in total. The Bertz CT molecular complexity index is 466. The summed E-state index contributed by atoms with van der Waals surface area (Å²) in [7, 11) is 0. The van der Waals surface area contributed by atoms with Gasteiger partial charge in [0.2, 0.25) is 0 Å². The number of benzene rings is 1. The SMILES string of the molecule is OC(CCCc1ccccc1)Cc1ccc(Br)s1. The Hall–Kier alpha value is -0.640. The van der Waals surface area contributed by atoms with Gasteiger partial charge < -0.3 is 5.11 Å². The Labute approximate surface area is 121 Å². The van der Waals surface area contributed by atoms with E-state index in [0.717, 1.165) is 29.5 Å². The lowest BCUT2D eigenvalue weighted by atomic mass is 10.0. The average molecular weight is 325 g/mol. The maximum absolute atomic E-state index is 9.98. The predicted octanol–water partition coefficient (Wildman–Crippen LogP) is 4.44. The van der Waals surface area contributed by atoms with Gasteiger partial charge >= 0.3 is 0 Å². The summed E-state index contributed by atoms with van der Waals surface area (Å²) in [6.45, 7) is 0. The maximum atomic E-state index is 9.98. The Morgan fingerprint density at radius 1 is 1.11 bits per heavy atom. The first-order valence-corrected chi connectivity index (χ1v) is 7.81. The van der Waals surface area contributed by atoms with Gasteiger partial charge in [0.1, 0.15) is 0 Å². The molecule has 0 aliphatic carbocycles. The number of aliphatic hydroxyl groups is 1. The zero-order valence-corrected chi connectivity index (χ0v) is 12.6. The molecule has 1 N–H and O–H groups in total. The molecule has 96 valence electrons. The van der Waals surface area contributed by atoms with Crippen LogP contribution in [0.4, 0.5) is 0 Å². The van der Waals surface area contributed by atoms with E-state index in [4.69, 9.17) is 0 Å². The Balaban J connectivity index is 1.70. The van der Waals surface area contributed by atoms with Crippen molar-refractivity contribution in [2.45, 2.75) is 31.8 Å². The van der Waals surface area contributed by atoms with E-state index in [2.05, 4.69) is 46.3 Å². The third-order valence-corrected chi connectivity index (χ3v) is 4.56. The average Bonchev–Trinajstić information content (AvgIpc) is 2.76. The fourth-order valence-corrected chi connectivity index (χ4v) is 3.54. The quantitative estimate of drug-likeness (QED) is 0.833. The van der Waals surface area contributed by atoms with Gasteiger partial charge in [-0.15, -0.1) is 11.3 Å². The molecule has 0 fully saturated rings. The van der Waals surface area contributed by atoms with Crippen molar-refractivity contribution in [3.05, 3.63) is 56.7 Å². The topological polar surface area (TPSA) is 20.2 Å². The van der Waals surface area contributed by atoms with Crippen molar-refractivity contribution in [1.29, 1.82) is 0 Å². The van der Waals surface area contributed by atoms with Crippen LogP contribution < -0.4 is 0 Å². The van der Waals surface area contributed by atoms with Crippen molar-refractivity contribution in [3.63, 3.8) is 0 Å². The standard InChI is InChI=1S/C15H17BrOS/c16-15-10-9-14(18-15)11-13(17)8-4-7-12-5-2-1-3-6-12/h1-3,5-6,9-10,13,17H,4,7-8,11H2. The lowest BCUT2D eigenvalue weighted by molar-refractivity contribution is 0.163. The molecular formula is C15H17BrOS. The monoisotopic (exact) mass is 324 g/mol. The van der Waals surface area contributed by atoms with Crippen LogP contribution in [0.2, 0.25) is 0 Å². The third-order valence-electron chi connectivity index (χ3n) is 2.91. The Kier molecular flexibility index (Phi) is 5.42. The number of hydrogen-bond acceptors (Lipinski definition) is 2. The molecule has 1 atom stereocenters. The van der Waals surface area contributed by atoms with Crippen LogP contribution in [0.25, 0.3) is 0 Å². The molecule has 1 heterocycles. The largest absolute Gasteiger partial charge is 0.393 e. The first-order valence-electron chi connectivity index (χ1n) is 6.20. The maximum Gasteiger partial charge on any atom is 0.0701 e. The number of thiophene rings is 1. The van der Waals surface area contributed by atoms with Gasteiger partial charge in [-0.3, -0.25) is 0 Å². The summed E-state index contributed by atoms with van der Waals surface area (Å²) in [6.07, 6.45) is 3.50. The lowest BCUT2D eigenvalue weighted by Crippen LogP contribution is -2.09. The van der Waals surface area contributed by atoms with Crippen molar-refractivity contribution in [1.82, 2.24) is 0 Å². The molecule has 18 heavy (non-hydrogen) atoms. The summed E-state index contributed by atoms with van der Waals surface area (Å²) in [4.78, 5) is 1.24. The molecule has 0 aliphatic heterocycles. The predicted molar refractivity (Wildman–Crippen MR) is 81.1 cm³/mol. The zero-order chi connectivity index (χ0) is 12.8.